The first-order valence-corrected chi connectivity index (χ1v) is 13.8. The zero-order chi connectivity index (χ0) is 27.9. The quantitative estimate of drug-likeness (QED) is 0.182. The molecule has 0 saturated heterocycles. The minimum Gasteiger partial charge on any atom is -0.481 e. The Balaban J connectivity index is 1.54. The Morgan fingerprint density at radius 3 is 2.51 bits per heavy atom. The van der Waals surface area contributed by atoms with Gasteiger partial charge >= 0.3 is 5.97 Å². The largest absolute Gasteiger partial charge is 0.481 e. The number of halogens is 1. The van der Waals surface area contributed by atoms with Crippen LogP contribution in [0.3, 0.4) is 0 Å². The molecule has 4 rings (SSSR count). The van der Waals surface area contributed by atoms with Gasteiger partial charge in [0.05, 0.1) is 24.6 Å². The van der Waals surface area contributed by atoms with E-state index in [1.165, 1.54) is 5.56 Å². The van der Waals surface area contributed by atoms with E-state index in [0.717, 1.165) is 52.7 Å². The smallest absolute Gasteiger partial charge is 0.304 e. The van der Waals surface area contributed by atoms with Gasteiger partial charge in [0.15, 0.2) is 0 Å². The Kier molecular flexibility index (Phi) is 9.73. The van der Waals surface area contributed by atoms with Crippen molar-refractivity contribution in [1.29, 1.82) is 0 Å². The second-order valence-corrected chi connectivity index (χ2v) is 10.3. The Morgan fingerprint density at radius 2 is 1.82 bits per heavy atom. The maximum Gasteiger partial charge on any atom is 0.304 e. The molecule has 0 aliphatic carbocycles. The molecule has 0 aliphatic heterocycles. The average Bonchev–Trinajstić information content (AvgIpc) is 3.33. The van der Waals surface area contributed by atoms with Crippen molar-refractivity contribution >= 4 is 28.6 Å². The van der Waals surface area contributed by atoms with Crippen molar-refractivity contribution in [3.63, 3.8) is 0 Å². The lowest BCUT2D eigenvalue weighted by Gasteiger charge is -2.24. The lowest BCUT2D eigenvalue weighted by atomic mass is 9.81. The van der Waals surface area contributed by atoms with Crippen LogP contribution in [0.15, 0.2) is 54.6 Å². The summed E-state index contributed by atoms with van der Waals surface area (Å²) in [6.07, 6.45) is 1.59. The molecule has 3 aromatic carbocycles. The van der Waals surface area contributed by atoms with E-state index in [-0.39, 0.29) is 6.42 Å². The van der Waals surface area contributed by atoms with Gasteiger partial charge in [-0.25, -0.2) is 4.68 Å². The summed E-state index contributed by atoms with van der Waals surface area (Å²) >= 11 is 6.44. The summed E-state index contributed by atoms with van der Waals surface area (Å²) in [5.74, 6) is -1.31. The third-order valence-corrected chi connectivity index (χ3v) is 7.57. The zero-order valence-electron chi connectivity index (χ0n) is 22.7. The molecular formula is C31H36ClN3O4. The number of fused-ring (bicyclic) bond motifs is 1. The number of benzene rings is 3. The van der Waals surface area contributed by atoms with Crippen molar-refractivity contribution in [3.05, 3.63) is 93.0 Å². The van der Waals surface area contributed by atoms with Crippen molar-refractivity contribution in [3.8, 4) is 0 Å². The van der Waals surface area contributed by atoms with Crippen LogP contribution < -0.4 is 0 Å². The minimum atomic E-state index is -0.895. The average molecular weight is 550 g/mol. The van der Waals surface area contributed by atoms with Crippen LogP contribution in [0.1, 0.15) is 78.5 Å². The molecule has 2 N–H and O–H groups in total. The lowest BCUT2D eigenvalue weighted by Crippen LogP contribution is -2.14. The van der Waals surface area contributed by atoms with Crippen LogP contribution in [0, 0.1) is 6.92 Å². The maximum absolute atomic E-state index is 12.0. The van der Waals surface area contributed by atoms with Gasteiger partial charge in [-0.3, -0.25) is 4.79 Å². The summed E-state index contributed by atoms with van der Waals surface area (Å²) in [6.45, 7) is 7.65. The fourth-order valence-corrected chi connectivity index (χ4v) is 5.68. The first-order valence-electron chi connectivity index (χ1n) is 13.5. The molecule has 2 unspecified atom stereocenters. The maximum atomic E-state index is 12.0. The first kappa shape index (κ1) is 28.7. The summed E-state index contributed by atoms with van der Waals surface area (Å²) in [4.78, 5) is 12.0. The molecular weight excluding hydrogens is 514 g/mol. The van der Waals surface area contributed by atoms with Gasteiger partial charge in [-0.2, -0.15) is 0 Å². The van der Waals surface area contributed by atoms with Crippen molar-refractivity contribution in [2.75, 3.05) is 6.61 Å². The molecule has 0 bridgehead atoms. The highest BCUT2D eigenvalue weighted by molar-refractivity contribution is 6.31. The van der Waals surface area contributed by atoms with Crippen LogP contribution in [0.4, 0.5) is 0 Å². The summed E-state index contributed by atoms with van der Waals surface area (Å²) in [7, 11) is 0. The van der Waals surface area contributed by atoms with Crippen molar-refractivity contribution in [1.82, 2.24) is 15.0 Å². The molecule has 7 nitrogen and oxygen atoms in total. The summed E-state index contributed by atoms with van der Waals surface area (Å²) in [5.41, 5.74) is 7.07. The molecule has 8 heteroatoms. The molecule has 0 radical (unpaired) electrons. The summed E-state index contributed by atoms with van der Waals surface area (Å²) < 4.78 is 7.70. The van der Waals surface area contributed by atoms with E-state index in [0.29, 0.717) is 30.2 Å². The van der Waals surface area contributed by atoms with Gasteiger partial charge < -0.3 is 14.9 Å². The molecule has 39 heavy (non-hydrogen) atoms. The normalized spacial score (nSPS) is 13.1. The second kappa shape index (κ2) is 13.2. The van der Waals surface area contributed by atoms with Crippen LogP contribution in [0.25, 0.3) is 11.0 Å². The number of aliphatic carboxylic acids is 1. The van der Waals surface area contributed by atoms with E-state index >= 15 is 0 Å². The second-order valence-electron chi connectivity index (χ2n) is 9.91. The van der Waals surface area contributed by atoms with Crippen LogP contribution in [0.5, 0.6) is 0 Å². The fraction of sp³-hybridized carbons (Fsp3) is 0.387. The number of hydrogen-bond donors (Lipinski definition) is 2. The number of carboxylic acid groups (broad SMARTS) is 1. The summed E-state index contributed by atoms with van der Waals surface area (Å²) in [5, 5.41) is 29.6. The van der Waals surface area contributed by atoms with Crippen LogP contribution in [-0.2, 0) is 29.1 Å². The number of aromatic nitrogens is 3. The monoisotopic (exact) mass is 549 g/mol. The lowest BCUT2D eigenvalue weighted by molar-refractivity contribution is -0.137. The Bertz CT molecular complexity index is 1420. The number of rotatable bonds is 13. The van der Waals surface area contributed by atoms with Gasteiger partial charge in [0.2, 0.25) is 0 Å². The molecule has 0 saturated carbocycles. The number of unbranched alkanes of at least 4 members (excludes halogenated alkanes) is 1. The van der Waals surface area contributed by atoms with Gasteiger partial charge in [0, 0.05) is 29.7 Å². The topological polar surface area (TPSA) is 97.5 Å². The number of carboxylic acids is 1. The van der Waals surface area contributed by atoms with E-state index < -0.39 is 18.0 Å². The molecule has 1 aromatic heterocycles. The highest BCUT2D eigenvalue weighted by Crippen LogP contribution is 2.39. The van der Waals surface area contributed by atoms with Gasteiger partial charge in [-0.1, -0.05) is 66.2 Å². The molecule has 0 aliphatic rings. The number of carbonyl (C=O) groups is 1. The molecule has 0 amide bonds. The highest BCUT2D eigenvalue weighted by Gasteiger charge is 2.26. The Morgan fingerprint density at radius 1 is 1.08 bits per heavy atom. The van der Waals surface area contributed by atoms with E-state index in [9.17, 15) is 15.0 Å². The van der Waals surface area contributed by atoms with Gasteiger partial charge in [-0.15, -0.1) is 5.10 Å². The van der Waals surface area contributed by atoms with E-state index in [1.54, 1.807) is 13.0 Å². The molecule has 0 spiro atoms. The zero-order valence-corrected chi connectivity index (χ0v) is 23.5. The number of aryl methyl sites for hydroxylation is 2. The predicted octanol–water partition coefficient (Wildman–Crippen LogP) is 6.61. The van der Waals surface area contributed by atoms with Crippen molar-refractivity contribution in [2.45, 2.75) is 71.6 Å². The number of ether oxygens (including phenoxy) is 1. The number of aliphatic hydroxyl groups is 1. The Hall–Kier alpha value is -3.26. The van der Waals surface area contributed by atoms with Gasteiger partial charge in [-0.05, 0) is 73.1 Å². The number of aliphatic hydroxyl groups excluding tert-OH is 1. The molecule has 0 fully saturated rings. The van der Waals surface area contributed by atoms with Crippen LogP contribution in [-0.4, -0.2) is 37.8 Å². The number of hydrogen-bond acceptors (Lipinski definition) is 5. The van der Waals surface area contributed by atoms with Gasteiger partial charge in [0.1, 0.15) is 5.52 Å². The van der Waals surface area contributed by atoms with Crippen LogP contribution >= 0.6 is 11.6 Å². The Labute approximate surface area is 234 Å². The third-order valence-electron chi connectivity index (χ3n) is 7.24. The first-order chi connectivity index (χ1) is 18.8. The molecule has 2 atom stereocenters. The minimum absolute atomic E-state index is 0.0860. The predicted molar refractivity (Wildman–Crippen MR) is 153 cm³/mol. The van der Waals surface area contributed by atoms with Crippen LogP contribution in [0.2, 0.25) is 5.02 Å². The van der Waals surface area contributed by atoms with Crippen molar-refractivity contribution in [2.24, 2.45) is 0 Å². The van der Waals surface area contributed by atoms with E-state index in [4.69, 9.17) is 16.3 Å². The third kappa shape index (κ3) is 6.67. The van der Waals surface area contributed by atoms with E-state index in [2.05, 4.69) is 22.4 Å². The SMILES string of the molecule is CCc1c(C(CC(=O)O)c2ccc3c(nnn3CCCCOCc3ccccc3)c2C)ccc(Cl)c1C(C)O. The fourth-order valence-electron chi connectivity index (χ4n) is 5.34. The molecule has 4 aromatic rings. The van der Waals surface area contributed by atoms with Gasteiger partial charge in [0.25, 0.3) is 0 Å². The number of nitrogens with zero attached hydrogens (tertiary/aromatic N) is 3. The standard InChI is InChI=1S/C31H36ClN3O4/c1-4-23-25(12-14-27(32)30(23)21(3)36)26(18-29(37)38)24-13-15-28-31(20(24)2)33-34-35(28)16-8-9-17-39-19-22-10-6-5-7-11-22/h5-7,10-15,21,26,36H,4,8-9,16-19H2,1-3H3,(H,37,38). The molecule has 1 heterocycles. The van der Waals surface area contributed by atoms with Crippen molar-refractivity contribution < 1.29 is 19.7 Å². The highest BCUT2D eigenvalue weighted by atomic mass is 35.5. The summed E-state index contributed by atoms with van der Waals surface area (Å²) in [6, 6.07) is 17.7. The van der Waals surface area contributed by atoms with E-state index in [1.807, 2.05) is 54.9 Å². The molecule has 206 valence electrons.